The Morgan fingerprint density at radius 1 is 1.35 bits per heavy atom. The molecule has 1 N–H and O–H groups in total. The summed E-state index contributed by atoms with van der Waals surface area (Å²) in [6, 6.07) is 0. The van der Waals surface area contributed by atoms with Crippen LogP contribution in [0.15, 0.2) is 11.0 Å². The van der Waals surface area contributed by atoms with E-state index in [9.17, 15) is 14.7 Å². The average molecular weight is 293 g/mol. The van der Waals surface area contributed by atoms with Crippen LogP contribution < -0.4 is 5.69 Å². The van der Waals surface area contributed by atoms with Crippen LogP contribution in [0, 0.1) is 5.41 Å². The molecule has 0 fully saturated rings. The van der Waals surface area contributed by atoms with Crippen molar-refractivity contribution in [2.24, 2.45) is 12.5 Å². The number of hydrogen-bond acceptors (Lipinski definition) is 5. The molecule has 7 heteroatoms. The van der Waals surface area contributed by atoms with Crippen LogP contribution in [0.2, 0.25) is 0 Å². The highest BCUT2D eigenvalue weighted by molar-refractivity contribution is 7.16. The number of carbonyl (C=O) groups is 1. The molecule has 20 heavy (non-hydrogen) atoms. The maximum Gasteiger partial charge on any atom is 0.337 e. The van der Waals surface area contributed by atoms with Crippen LogP contribution in [0.25, 0.3) is 5.13 Å². The zero-order valence-electron chi connectivity index (χ0n) is 11.5. The van der Waals surface area contributed by atoms with Gasteiger partial charge in [-0.1, -0.05) is 25.2 Å². The lowest BCUT2D eigenvalue weighted by Crippen LogP contribution is -2.26. The van der Waals surface area contributed by atoms with Crippen molar-refractivity contribution < 1.29 is 9.90 Å². The summed E-state index contributed by atoms with van der Waals surface area (Å²) in [6.07, 6.45) is 2.51. The van der Waals surface area contributed by atoms with Crippen LogP contribution >= 0.6 is 11.3 Å². The van der Waals surface area contributed by atoms with Gasteiger partial charge in [0.1, 0.15) is 0 Å². The lowest BCUT2D eigenvalue weighted by molar-refractivity contribution is 0.0916. The summed E-state index contributed by atoms with van der Waals surface area (Å²) in [5.41, 5.74) is 0.237. The number of carbonyl (C=O) groups excluding carboxylic acids is 1. The zero-order chi connectivity index (χ0) is 14.7. The standard InChI is InChI=1S/C13H15N3O3S/c1-13(2)4-7-10(8(17)5-13)20-11(14-7)16-9(18)6-15(3)12(16)19/h6,18H,4-5H2,1-3H3. The third-order valence-electron chi connectivity index (χ3n) is 3.45. The average Bonchev–Trinajstić information content (AvgIpc) is 2.80. The van der Waals surface area contributed by atoms with E-state index in [0.717, 1.165) is 10.3 Å². The van der Waals surface area contributed by atoms with Crippen molar-refractivity contribution in [3.05, 3.63) is 27.3 Å². The number of aromatic hydroxyl groups is 1. The maximum absolute atomic E-state index is 12.1. The molecule has 0 saturated heterocycles. The molecular weight excluding hydrogens is 278 g/mol. The van der Waals surface area contributed by atoms with Gasteiger partial charge >= 0.3 is 5.69 Å². The van der Waals surface area contributed by atoms with Crippen molar-refractivity contribution in [3.63, 3.8) is 0 Å². The molecule has 0 aliphatic heterocycles. The van der Waals surface area contributed by atoms with Gasteiger partial charge < -0.3 is 5.11 Å². The number of hydrogen-bond donors (Lipinski definition) is 1. The molecule has 1 aliphatic rings. The molecule has 2 aromatic rings. The summed E-state index contributed by atoms with van der Waals surface area (Å²) in [5, 5.41) is 10.2. The van der Waals surface area contributed by atoms with Crippen LogP contribution in [-0.4, -0.2) is 25.0 Å². The Labute approximate surface area is 119 Å². The smallest absolute Gasteiger partial charge is 0.337 e. The van der Waals surface area contributed by atoms with Crippen LogP contribution in [0.1, 0.15) is 35.6 Å². The van der Waals surface area contributed by atoms with Gasteiger partial charge in [0.15, 0.2) is 5.78 Å². The molecule has 6 nitrogen and oxygen atoms in total. The van der Waals surface area contributed by atoms with Gasteiger partial charge in [0, 0.05) is 13.5 Å². The second-order valence-electron chi connectivity index (χ2n) is 5.93. The third kappa shape index (κ3) is 1.89. The Morgan fingerprint density at radius 2 is 2.05 bits per heavy atom. The molecule has 0 bridgehead atoms. The topological polar surface area (TPSA) is 77.1 Å². The zero-order valence-corrected chi connectivity index (χ0v) is 12.3. The molecule has 0 unspecified atom stereocenters. The van der Waals surface area contributed by atoms with E-state index >= 15 is 0 Å². The summed E-state index contributed by atoms with van der Waals surface area (Å²) in [7, 11) is 1.56. The van der Waals surface area contributed by atoms with Crippen molar-refractivity contribution in [1.82, 2.24) is 14.1 Å². The van der Waals surface area contributed by atoms with Crippen LogP contribution in [0.5, 0.6) is 5.88 Å². The first-order valence-electron chi connectivity index (χ1n) is 6.29. The normalized spacial score (nSPS) is 17.2. The Morgan fingerprint density at radius 3 is 2.65 bits per heavy atom. The molecule has 106 valence electrons. The van der Waals surface area contributed by atoms with Crippen molar-refractivity contribution >= 4 is 17.1 Å². The molecule has 0 saturated carbocycles. The lowest BCUT2D eigenvalue weighted by atomic mass is 9.78. The van der Waals surface area contributed by atoms with Gasteiger partial charge in [0.2, 0.25) is 11.0 Å². The van der Waals surface area contributed by atoms with E-state index in [2.05, 4.69) is 4.98 Å². The fraction of sp³-hybridized carbons (Fsp3) is 0.462. The first-order chi connectivity index (χ1) is 9.28. The van der Waals surface area contributed by atoms with Crippen LogP contribution in [0.3, 0.4) is 0 Å². The largest absolute Gasteiger partial charge is 0.493 e. The van der Waals surface area contributed by atoms with E-state index in [1.54, 1.807) is 7.05 Å². The Balaban J connectivity index is 2.15. The Kier molecular flexibility index (Phi) is 2.66. The second-order valence-corrected chi connectivity index (χ2v) is 6.91. The molecule has 0 atom stereocenters. The molecule has 0 amide bonds. The van der Waals surface area contributed by atoms with Gasteiger partial charge in [-0.3, -0.25) is 9.36 Å². The van der Waals surface area contributed by atoms with E-state index in [4.69, 9.17) is 0 Å². The molecule has 0 aromatic carbocycles. The van der Waals surface area contributed by atoms with Crippen molar-refractivity contribution in [3.8, 4) is 11.0 Å². The number of aryl methyl sites for hydroxylation is 1. The van der Waals surface area contributed by atoms with Gasteiger partial charge in [-0.05, 0) is 11.8 Å². The quantitative estimate of drug-likeness (QED) is 0.864. The minimum absolute atomic E-state index is 0.0588. The van der Waals surface area contributed by atoms with E-state index in [1.807, 2.05) is 13.8 Å². The molecule has 2 heterocycles. The summed E-state index contributed by atoms with van der Waals surface area (Å²) in [5.74, 6) is -0.112. The number of rotatable bonds is 1. The fourth-order valence-corrected chi connectivity index (χ4v) is 3.55. The monoisotopic (exact) mass is 293 g/mol. The van der Waals surface area contributed by atoms with Gasteiger partial charge in [-0.15, -0.1) is 0 Å². The second kappa shape index (κ2) is 4.05. The molecule has 1 aliphatic carbocycles. The highest BCUT2D eigenvalue weighted by atomic mass is 32.1. The fourth-order valence-electron chi connectivity index (χ4n) is 2.52. The minimum atomic E-state index is -0.375. The summed E-state index contributed by atoms with van der Waals surface area (Å²) >= 11 is 1.17. The van der Waals surface area contributed by atoms with E-state index in [-0.39, 0.29) is 22.8 Å². The van der Waals surface area contributed by atoms with Crippen molar-refractivity contribution in [2.45, 2.75) is 26.7 Å². The predicted molar refractivity (Wildman–Crippen MR) is 74.8 cm³/mol. The number of nitrogens with zero attached hydrogens (tertiary/aromatic N) is 3. The number of fused-ring (bicyclic) bond motifs is 1. The SMILES string of the molecule is Cn1cc(O)n(-c2nc3c(s2)C(=O)CC(C)(C)C3)c1=O. The Bertz CT molecular complexity index is 766. The third-order valence-corrected chi connectivity index (χ3v) is 4.57. The minimum Gasteiger partial charge on any atom is -0.493 e. The number of imidazole rings is 1. The van der Waals surface area contributed by atoms with Crippen molar-refractivity contribution in [2.75, 3.05) is 0 Å². The first-order valence-corrected chi connectivity index (χ1v) is 7.11. The molecule has 3 rings (SSSR count). The van der Waals surface area contributed by atoms with Gasteiger partial charge in [-0.25, -0.2) is 14.3 Å². The summed E-state index contributed by atoms with van der Waals surface area (Å²) in [6.45, 7) is 4.05. The number of Topliss-reactive ketones (excluding diaryl/α,β-unsaturated/α-hetero) is 1. The van der Waals surface area contributed by atoms with E-state index in [1.165, 1.54) is 22.1 Å². The lowest BCUT2D eigenvalue weighted by Gasteiger charge is -2.26. The number of thiazole rings is 1. The maximum atomic E-state index is 12.1. The highest BCUT2D eigenvalue weighted by Gasteiger charge is 2.34. The van der Waals surface area contributed by atoms with Crippen LogP contribution in [-0.2, 0) is 13.5 Å². The molecule has 0 radical (unpaired) electrons. The van der Waals surface area contributed by atoms with Crippen LogP contribution in [0.4, 0.5) is 0 Å². The number of ketones is 1. The Hall–Kier alpha value is -1.89. The molecular formula is C13H15N3O3S. The summed E-state index contributed by atoms with van der Waals surface area (Å²) < 4.78 is 2.41. The summed E-state index contributed by atoms with van der Waals surface area (Å²) in [4.78, 5) is 29.1. The first kappa shape index (κ1) is 13.1. The molecule has 0 spiro atoms. The predicted octanol–water partition coefficient (Wildman–Crippen LogP) is 1.49. The number of aromatic nitrogens is 3. The van der Waals surface area contributed by atoms with Gasteiger partial charge in [0.25, 0.3) is 0 Å². The van der Waals surface area contributed by atoms with E-state index < -0.39 is 0 Å². The molecule has 2 aromatic heterocycles. The van der Waals surface area contributed by atoms with Crippen molar-refractivity contribution in [1.29, 1.82) is 0 Å². The van der Waals surface area contributed by atoms with E-state index in [0.29, 0.717) is 22.9 Å². The highest BCUT2D eigenvalue weighted by Crippen LogP contribution is 2.38. The van der Waals surface area contributed by atoms with Gasteiger partial charge in [-0.2, -0.15) is 0 Å². The van der Waals surface area contributed by atoms with Gasteiger partial charge in [0.05, 0.1) is 16.8 Å².